The third kappa shape index (κ3) is 18.6. The van der Waals surface area contributed by atoms with Gasteiger partial charge in [-0.15, -0.1) is 0 Å². The van der Waals surface area contributed by atoms with Crippen LogP contribution in [0.3, 0.4) is 0 Å². The zero-order chi connectivity index (χ0) is 24.4. The van der Waals surface area contributed by atoms with E-state index in [9.17, 15) is 0 Å². The van der Waals surface area contributed by atoms with Gasteiger partial charge in [0.1, 0.15) is 12.5 Å². The Labute approximate surface area is 202 Å². The zero-order valence-electron chi connectivity index (χ0n) is 19.8. The molecule has 0 fully saturated rings. The van der Waals surface area contributed by atoms with E-state index in [2.05, 4.69) is 22.4 Å². The van der Waals surface area contributed by atoms with Crippen molar-refractivity contribution >= 4 is 29.9 Å². The van der Waals surface area contributed by atoms with Crippen molar-refractivity contribution in [2.45, 2.75) is 32.7 Å². The Morgan fingerprint density at radius 2 is 1.76 bits per heavy atom. The summed E-state index contributed by atoms with van der Waals surface area (Å²) in [4.78, 5) is 12.5. The minimum atomic E-state index is 0.631. The van der Waals surface area contributed by atoms with Crippen LogP contribution >= 0.6 is 11.8 Å². The highest BCUT2D eigenvalue weighted by Gasteiger charge is 2.00. The standard InChI is InChI=1S/C17H27N3O2S.C7H9N.CH2O/c1-3-4-12-19-20-17(18-11-8-13-21-2)23-15-14-22-16-9-6-5-7-10-16;8-6-7-4-2-1-3-5-7;1-2/h5-7,9-10,12H,3-4,8,11,13-15H2,1-2H3,(H,18,20);1-5H,6,8H2;1H2/b19-12+;;. The van der Waals surface area contributed by atoms with Gasteiger partial charge in [0.2, 0.25) is 0 Å². The van der Waals surface area contributed by atoms with Gasteiger partial charge < -0.3 is 20.0 Å². The largest absolute Gasteiger partial charge is 0.493 e. The fraction of sp³-hybridized carbons (Fsp3) is 0.400. The van der Waals surface area contributed by atoms with Gasteiger partial charge in [0.15, 0.2) is 5.17 Å². The lowest BCUT2D eigenvalue weighted by atomic mass is 10.2. The Morgan fingerprint density at radius 3 is 2.33 bits per heavy atom. The first kappa shape index (κ1) is 30.3. The highest BCUT2D eigenvalue weighted by atomic mass is 32.2. The molecule has 0 aliphatic rings. The van der Waals surface area contributed by atoms with Gasteiger partial charge in [0.25, 0.3) is 0 Å². The lowest BCUT2D eigenvalue weighted by Crippen LogP contribution is -2.17. The Bertz CT molecular complexity index is 731. The van der Waals surface area contributed by atoms with E-state index in [-0.39, 0.29) is 0 Å². The Morgan fingerprint density at radius 1 is 1.09 bits per heavy atom. The first-order chi connectivity index (χ1) is 16.3. The highest BCUT2D eigenvalue weighted by molar-refractivity contribution is 8.13. The van der Waals surface area contributed by atoms with E-state index in [1.807, 2.05) is 73.7 Å². The number of nitrogens with zero attached hydrogens (tertiary/aromatic N) is 2. The number of nitrogens with one attached hydrogen (secondary N) is 1. The van der Waals surface area contributed by atoms with Gasteiger partial charge in [0, 0.05) is 38.8 Å². The number of unbranched alkanes of at least 4 members (excludes halogenated alkanes) is 1. The van der Waals surface area contributed by atoms with E-state index >= 15 is 0 Å². The molecule has 0 aliphatic heterocycles. The number of hydrazone groups is 1. The monoisotopic (exact) mass is 474 g/mol. The number of thioether (sulfide) groups is 1. The molecule has 0 spiro atoms. The third-order valence-corrected chi connectivity index (χ3v) is 4.71. The van der Waals surface area contributed by atoms with Gasteiger partial charge >= 0.3 is 0 Å². The molecule has 182 valence electrons. The quantitative estimate of drug-likeness (QED) is 0.203. The molecule has 0 aromatic heterocycles. The van der Waals surface area contributed by atoms with Crippen molar-refractivity contribution in [3.63, 3.8) is 0 Å². The summed E-state index contributed by atoms with van der Waals surface area (Å²) in [5, 5.41) is 5.02. The van der Waals surface area contributed by atoms with Gasteiger partial charge in [-0.3, -0.25) is 10.4 Å². The number of para-hydroxylation sites is 1. The molecule has 0 saturated carbocycles. The summed E-state index contributed by atoms with van der Waals surface area (Å²) < 4.78 is 10.7. The van der Waals surface area contributed by atoms with Crippen LogP contribution in [0.1, 0.15) is 31.7 Å². The van der Waals surface area contributed by atoms with Crippen LogP contribution < -0.4 is 15.9 Å². The number of hydrogen-bond donors (Lipinski definition) is 2. The smallest absolute Gasteiger partial charge is 0.177 e. The maximum Gasteiger partial charge on any atom is 0.177 e. The van der Waals surface area contributed by atoms with Crippen LogP contribution in [-0.2, 0) is 16.1 Å². The fourth-order valence-electron chi connectivity index (χ4n) is 2.23. The summed E-state index contributed by atoms with van der Waals surface area (Å²) >= 11 is 1.62. The normalized spacial score (nSPS) is 10.6. The maximum atomic E-state index is 8.00. The van der Waals surface area contributed by atoms with E-state index < -0.39 is 0 Å². The molecule has 0 heterocycles. The number of benzene rings is 2. The van der Waals surface area contributed by atoms with Crippen LogP contribution in [0.4, 0.5) is 0 Å². The summed E-state index contributed by atoms with van der Waals surface area (Å²) in [5.41, 5.74) is 9.55. The van der Waals surface area contributed by atoms with Gasteiger partial charge in [-0.1, -0.05) is 73.6 Å². The van der Waals surface area contributed by atoms with Crippen molar-refractivity contribution in [2.24, 2.45) is 15.8 Å². The molecule has 0 unspecified atom stereocenters. The van der Waals surface area contributed by atoms with Crippen molar-refractivity contribution in [2.75, 3.05) is 32.6 Å². The number of aliphatic imine (C=N–C) groups is 1. The average Bonchev–Trinajstić information content (AvgIpc) is 2.89. The third-order valence-electron chi connectivity index (χ3n) is 3.84. The van der Waals surface area contributed by atoms with Crippen LogP contribution in [0.5, 0.6) is 5.75 Å². The number of methoxy groups -OCH3 is 1. The SMILES string of the molecule is C=O.CCC/C=N/NC(=NCCCOC)SCCOc1ccccc1.NCc1ccccc1. The van der Waals surface area contributed by atoms with Crippen molar-refractivity contribution < 1.29 is 14.3 Å². The molecule has 0 saturated heterocycles. The molecule has 7 nitrogen and oxygen atoms in total. The van der Waals surface area contributed by atoms with Crippen LogP contribution in [0.25, 0.3) is 0 Å². The van der Waals surface area contributed by atoms with Crippen LogP contribution in [0.2, 0.25) is 0 Å². The van der Waals surface area contributed by atoms with Gasteiger partial charge in [-0.05, 0) is 30.5 Å². The van der Waals surface area contributed by atoms with Crippen LogP contribution in [0.15, 0.2) is 70.8 Å². The van der Waals surface area contributed by atoms with Gasteiger partial charge in [-0.2, -0.15) is 5.10 Å². The number of ether oxygens (including phenoxy) is 2. The van der Waals surface area contributed by atoms with Crippen LogP contribution in [-0.4, -0.2) is 50.8 Å². The summed E-state index contributed by atoms with van der Waals surface area (Å²) in [6.07, 6.45) is 4.84. The topological polar surface area (TPSA) is 98.3 Å². The zero-order valence-corrected chi connectivity index (χ0v) is 20.6. The summed E-state index contributed by atoms with van der Waals surface area (Å²) in [5.74, 6) is 1.70. The van der Waals surface area contributed by atoms with Crippen LogP contribution in [0, 0.1) is 0 Å². The molecule has 3 N–H and O–H groups in total. The predicted octanol–water partition coefficient (Wildman–Crippen LogP) is 4.53. The molecular weight excluding hydrogens is 436 g/mol. The second kappa shape index (κ2) is 24.0. The van der Waals surface area contributed by atoms with Gasteiger partial charge in [-0.25, -0.2) is 0 Å². The number of amidine groups is 1. The molecule has 0 atom stereocenters. The lowest BCUT2D eigenvalue weighted by molar-refractivity contribution is -0.0979. The molecule has 0 amide bonds. The number of rotatable bonds is 12. The summed E-state index contributed by atoms with van der Waals surface area (Å²) in [7, 11) is 1.70. The number of carbonyl (C=O) groups excluding carboxylic acids is 1. The lowest BCUT2D eigenvalue weighted by Gasteiger charge is -2.07. The Kier molecular flexibility index (Phi) is 22.0. The van der Waals surface area contributed by atoms with E-state index in [4.69, 9.17) is 20.0 Å². The number of nitrogens with two attached hydrogens (primary N) is 1. The molecule has 8 heteroatoms. The first-order valence-corrected chi connectivity index (χ1v) is 11.9. The van der Waals surface area contributed by atoms with Crippen molar-refractivity contribution in [3.8, 4) is 5.75 Å². The van der Waals surface area contributed by atoms with Crippen molar-refractivity contribution in [1.29, 1.82) is 0 Å². The Hall–Kier alpha value is -2.68. The predicted molar refractivity (Wildman–Crippen MR) is 141 cm³/mol. The van der Waals surface area contributed by atoms with E-state index in [1.165, 1.54) is 5.56 Å². The molecule has 2 aromatic rings. The second-order valence-corrected chi connectivity index (χ2v) is 7.53. The van der Waals surface area contributed by atoms with Gasteiger partial charge in [0.05, 0.1) is 6.61 Å². The van der Waals surface area contributed by atoms with E-state index in [0.717, 1.165) is 49.1 Å². The molecule has 0 bridgehead atoms. The molecule has 2 rings (SSSR count). The second-order valence-electron chi connectivity index (χ2n) is 6.45. The van der Waals surface area contributed by atoms with Crippen molar-refractivity contribution in [1.82, 2.24) is 5.43 Å². The molecule has 2 aromatic carbocycles. The Balaban J connectivity index is 0.000000849. The molecule has 0 radical (unpaired) electrons. The average molecular weight is 475 g/mol. The van der Waals surface area contributed by atoms with E-state index in [0.29, 0.717) is 13.2 Å². The number of carbonyl (C=O) groups is 1. The molecular formula is C25H38N4O3S. The highest BCUT2D eigenvalue weighted by Crippen LogP contribution is 2.10. The van der Waals surface area contributed by atoms with Crippen molar-refractivity contribution in [3.05, 3.63) is 66.2 Å². The minimum Gasteiger partial charge on any atom is -0.493 e. The minimum absolute atomic E-state index is 0.631. The number of hydrogen-bond acceptors (Lipinski definition) is 7. The molecule has 0 aliphatic carbocycles. The first-order valence-electron chi connectivity index (χ1n) is 10.9. The fourth-order valence-corrected chi connectivity index (χ4v) is 2.89. The molecule has 33 heavy (non-hydrogen) atoms. The maximum absolute atomic E-state index is 8.00. The summed E-state index contributed by atoms with van der Waals surface area (Å²) in [6, 6.07) is 19.8. The summed E-state index contributed by atoms with van der Waals surface area (Å²) in [6.45, 7) is 6.85. The van der Waals surface area contributed by atoms with E-state index in [1.54, 1.807) is 18.9 Å².